The van der Waals surface area contributed by atoms with E-state index in [-0.39, 0.29) is 42.7 Å². The Kier molecular flexibility index (Phi) is 7.30. The number of benzene rings is 2. The first-order valence-corrected chi connectivity index (χ1v) is 13.2. The molecule has 3 aliphatic rings. The maximum atomic E-state index is 14.2. The molecule has 2 aromatic rings. The monoisotopic (exact) mass is 543 g/mol. The first kappa shape index (κ1) is 27.1. The van der Waals surface area contributed by atoms with Gasteiger partial charge in [0, 0.05) is 19.6 Å². The van der Waals surface area contributed by atoms with E-state index in [1.807, 2.05) is 0 Å². The van der Waals surface area contributed by atoms with Crippen LogP contribution in [0.2, 0.25) is 0 Å². The molecule has 2 atom stereocenters. The third kappa shape index (κ3) is 5.90. The molecule has 2 bridgehead atoms. The highest BCUT2D eigenvalue weighted by Crippen LogP contribution is 2.44. The minimum atomic E-state index is -4.69. The van der Waals surface area contributed by atoms with Crippen molar-refractivity contribution in [3.05, 3.63) is 41.5 Å². The Balaban J connectivity index is 1.31. The van der Waals surface area contributed by atoms with Crippen molar-refractivity contribution in [2.45, 2.75) is 69.9 Å². The van der Waals surface area contributed by atoms with Gasteiger partial charge < -0.3 is 9.84 Å². The lowest BCUT2D eigenvalue weighted by Crippen LogP contribution is -2.45. The first-order valence-electron chi connectivity index (χ1n) is 13.2. The van der Waals surface area contributed by atoms with Gasteiger partial charge >= 0.3 is 18.3 Å². The van der Waals surface area contributed by atoms with Crippen molar-refractivity contribution < 1.29 is 41.0 Å². The van der Waals surface area contributed by atoms with E-state index in [2.05, 4.69) is 4.90 Å². The van der Waals surface area contributed by atoms with Crippen LogP contribution >= 0.6 is 0 Å². The van der Waals surface area contributed by atoms with Gasteiger partial charge in [-0.25, -0.2) is 0 Å². The number of likely N-dealkylation sites (tertiary alicyclic amines) is 1. The van der Waals surface area contributed by atoms with Crippen LogP contribution in [-0.2, 0) is 17.5 Å². The van der Waals surface area contributed by atoms with Crippen molar-refractivity contribution in [2.75, 3.05) is 13.1 Å². The number of alkyl halides is 6. The summed E-state index contributed by atoms with van der Waals surface area (Å²) in [6.07, 6.45) is -7.51. The fourth-order valence-corrected chi connectivity index (χ4v) is 6.79. The Morgan fingerprint density at radius 3 is 2.16 bits per heavy atom. The average molecular weight is 544 g/mol. The first-order chi connectivity index (χ1) is 17.9. The smallest absolute Gasteiger partial charge is 0.420 e. The number of carboxylic acid groups (broad SMARTS) is 1. The van der Waals surface area contributed by atoms with E-state index >= 15 is 0 Å². The summed E-state index contributed by atoms with van der Waals surface area (Å²) in [5.41, 5.74) is -0.0220. The molecule has 1 heterocycles. The molecule has 10 heteroatoms. The fourth-order valence-electron chi connectivity index (χ4n) is 6.79. The van der Waals surface area contributed by atoms with Crippen LogP contribution in [0.1, 0.15) is 56.1 Å². The summed E-state index contributed by atoms with van der Waals surface area (Å²) in [5.74, 6) is -2.18. The van der Waals surface area contributed by atoms with Crippen molar-refractivity contribution in [1.82, 2.24) is 4.90 Å². The summed E-state index contributed by atoms with van der Waals surface area (Å²) in [7, 11) is 0. The van der Waals surface area contributed by atoms with E-state index < -0.39 is 35.9 Å². The van der Waals surface area contributed by atoms with Crippen LogP contribution in [0.15, 0.2) is 30.3 Å². The summed E-state index contributed by atoms with van der Waals surface area (Å²) in [6.45, 7) is 2.12. The normalized spacial score (nSPS) is 28.8. The minimum absolute atomic E-state index is 0.00235. The van der Waals surface area contributed by atoms with Gasteiger partial charge in [0.1, 0.15) is 11.3 Å². The standard InChI is InChI=1S/C28H31F6NO3/c29-27(30,31)21-3-5-22(6-4-21)38-24-8-2-19-10-16(1-7-23(19)25(24)28(32,33)34)13-35-14-17-9-18(15-35)12-20(11-17)26(36)37/h1-2,7-8,10,17-18,20-22H,3-6,9,11-15H2,(H,36,37)/t17?,18?,20?,21-,22+. The number of halogens is 6. The molecule has 1 aliphatic heterocycles. The SMILES string of the molecule is O=C(O)C1CC2CC(C1)CN(Cc1ccc3c(C(F)(F)F)c(O[C@H]4CC[C@@H](C(F)(F)F)CC4)ccc3c1)C2. The number of nitrogens with zero attached hydrogens (tertiary/aromatic N) is 1. The molecule has 0 amide bonds. The van der Waals surface area contributed by atoms with Crippen molar-refractivity contribution in [2.24, 2.45) is 23.7 Å². The van der Waals surface area contributed by atoms with E-state index in [1.54, 1.807) is 18.2 Å². The second kappa shape index (κ2) is 10.2. The van der Waals surface area contributed by atoms with Crippen molar-refractivity contribution in [1.29, 1.82) is 0 Å². The van der Waals surface area contributed by atoms with Gasteiger partial charge in [0.05, 0.1) is 17.9 Å². The highest BCUT2D eigenvalue weighted by atomic mass is 19.4. The van der Waals surface area contributed by atoms with Crippen LogP contribution in [0.5, 0.6) is 5.75 Å². The fraction of sp³-hybridized carbons (Fsp3) is 0.607. The zero-order valence-corrected chi connectivity index (χ0v) is 20.8. The highest BCUT2D eigenvalue weighted by Gasteiger charge is 2.43. The third-order valence-electron chi connectivity index (χ3n) is 8.45. The van der Waals surface area contributed by atoms with E-state index in [0.29, 0.717) is 36.6 Å². The van der Waals surface area contributed by atoms with Crippen LogP contribution in [0.25, 0.3) is 10.8 Å². The van der Waals surface area contributed by atoms with Gasteiger partial charge in [0.25, 0.3) is 0 Å². The lowest BCUT2D eigenvalue weighted by molar-refractivity contribution is -0.185. The second-order valence-corrected chi connectivity index (χ2v) is 11.3. The Morgan fingerprint density at radius 1 is 0.921 bits per heavy atom. The Morgan fingerprint density at radius 2 is 1.58 bits per heavy atom. The van der Waals surface area contributed by atoms with Crippen LogP contribution in [-0.4, -0.2) is 41.3 Å². The average Bonchev–Trinajstić information content (AvgIpc) is 2.82. The summed E-state index contributed by atoms with van der Waals surface area (Å²) in [5, 5.41) is 9.81. The van der Waals surface area contributed by atoms with Gasteiger partial charge in [-0.3, -0.25) is 9.69 Å². The number of carboxylic acids is 1. The number of carbonyl (C=O) groups is 1. The molecule has 1 N–H and O–H groups in total. The van der Waals surface area contributed by atoms with Gasteiger partial charge in [-0.2, -0.15) is 26.3 Å². The van der Waals surface area contributed by atoms with Gasteiger partial charge in [0.2, 0.25) is 0 Å². The van der Waals surface area contributed by atoms with E-state index in [0.717, 1.165) is 25.1 Å². The Labute approximate surface area is 216 Å². The minimum Gasteiger partial charge on any atom is -0.490 e. The topological polar surface area (TPSA) is 49.8 Å². The molecule has 2 unspecified atom stereocenters. The number of fused-ring (bicyclic) bond motifs is 3. The summed E-state index contributed by atoms with van der Waals surface area (Å²) in [4.78, 5) is 13.7. The van der Waals surface area contributed by atoms with E-state index in [4.69, 9.17) is 4.74 Å². The Bertz CT molecular complexity index is 1160. The zero-order chi connectivity index (χ0) is 27.2. The van der Waals surface area contributed by atoms with Crippen LogP contribution in [0.4, 0.5) is 26.3 Å². The largest absolute Gasteiger partial charge is 0.490 e. The molecular formula is C28H31F6NO3. The van der Waals surface area contributed by atoms with Gasteiger partial charge in [-0.15, -0.1) is 0 Å². The summed E-state index contributed by atoms with van der Waals surface area (Å²) in [6, 6.07) is 7.73. The number of ether oxygens (including phenoxy) is 1. The molecule has 4 nitrogen and oxygen atoms in total. The predicted octanol–water partition coefficient (Wildman–Crippen LogP) is 7.29. The molecule has 1 saturated heterocycles. The van der Waals surface area contributed by atoms with Crippen LogP contribution in [0, 0.1) is 23.7 Å². The zero-order valence-electron chi connectivity index (χ0n) is 20.8. The number of hydrogen-bond donors (Lipinski definition) is 1. The molecular weight excluding hydrogens is 512 g/mol. The molecule has 2 aromatic carbocycles. The van der Waals surface area contributed by atoms with E-state index in [9.17, 15) is 36.2 Å². The van der Waals surface area contributed by atoms with Crippen LogP contribution in [0.3, 0.4) is 0 Å². The van der Waals surface area contributed by atoms with Gasteiger partial charge in [-0.1, -0.05) is 18.2 Å². The molecule has 38 heavy (non-hydrogen) atoms. The maximum absolute atomic E-state index is 14.2. The van der Waals surface area contributed by atoms with Crippen LogP contribution < -0.4 is 4.74 Å². The lowest BCUT2D eigenvalue weighted by Gasteiger charge is -2.43. The second-order valence-electron chi connectivity index (χ2n) is 11.3. The molecule has 0 radical (unpaired) electrons. The molecule has 208 valence electrons. The Hall–Kier alpha value is -2.49. The molecule has 0 spiro atoms. The molecule has 3 fully saturated rings. The molecule has 2 aliphatic carbocycles. The quantitative estimate of drug-likeness (QED) is 0.403. The molecule has 5 rings (SSSR count). The van der Waals surface area contributed by atoms with Gasteiger partial charge in [-0.05, 0) is 85.3 Å². The van der Waals surface area contributed by atoms with Crippen molar-refractivity contribution in [3.8, 4) is 5.75 Å². The summed E-state index contributed by atoms with van der Waals surface area (Å²) >= 11 is 0. The van der Waals surface area contributed by atoms with Crippen molar-refractivity contribution >= 4 is 16.7 Å². The summed E-state index contributed by atoms with van der Waals surface area (Å²) < 4.78 is 87.0. The lowest BCUT2D eigenvalue weighted by atomic mass is 9.72. The van der Waals surface area contributed by atoms with Crippen molar-refractivity contribution in [3.63, 3.8) is 0 Å². The number of aliphatic carboxylic acids is 1. The number of hydrogen-bond acceptors (Lipinski definition) is 3. The number of rotatable bonds is 5. The van der Waals surface area contributed by atoms with E-state index in [1.165, 1.54) is 12.1 Å². The maximum Gasteiger partial charge on any atom is 0.420 e. The van der Waals surface area contributed by atoms with Gasteiger partial charge in [0.15, 0.2) is 0 Å². The molecule has 0 aromatic heterocycles. The number of piperidine rings is 1. The molecule has 2 saturated carbocycles. The highest BCUT2D eigenvalue weighted by molar-refractivity contribution is 5.89. The third-order valence-corrected chi connectivity index (χ3v) is 8.45. The predicted molar refractivity (Wildman–Crippen MR) is 129 cm³/mol.